The second-order valence-corrected chi connectivity index (χ2v) is 7.18. The van der Waals surface area contributed by atoms with Crippen LogP contribution >= 0.6 is 0 Å². The molecular weight excluding hydrogens is 430 g/mol. The number of hydrogen-bond donors (Lipinski definition) is 1. The summed E-state index contributed by atoms with van der Waals surface area (Å²) < 4.78 is 12.4. The van der Waals surface area contributed by atoms with Crippen molar-refractivity contribution < 1.29 is 14.6 Å². The first kappa shape index (κ1) is 29.0. The number of methoxy groups -OCH3 is 1. The second-order valence-electron chi connectivity index (χ2n) is 7.18. The standard InChI is InChI=1S/C24H29N3O3.C2H6.CH4O/c1-4-25-23(29-3)11-7-8-18(2)20-9-5-6-10-21(20)22-16-24(28)27(17-26-22)19-12-14-30-15-13-19;2*1-2/h4-6,9-11,16-17,19H,2,7-8,12-15H2,1,3H3;1-2H3;2H,1H3/b23-11+,25-4-;;. The number of rotatable bonds is 8. The Balaban J connectivity index is 0.00000137. The lowest BCUT2D eigenvalue weighted by molar-refractivity contribution is 0.0684. The lowest BCUT2D eigenvalue weighted by Gasteiger charge is -2.24. The zero-order valence-electron chi connectivity index (χ0n) is 21.2. The van der Waals surface area contributed by atoms with Crippen molar-refractivity contribution in [1.29, 1.82) is 0 Å². The molecule has 1 aromatic carbocycles. The van der Waals surface area contributed by atoms with E-state index in [0.717, 1.165) is 49.5 Å². The molecule has 0 bridgehead atoms. The minimum atomic E-state index is -0.0302. The van der Waals surface area contributed by atoms with E-state index in [4.69, 9.17) is 14.6 Å². The largest absolute Gasteiger partial charge is 0.481 e. The molecule has 1 aliphatic heterocycles. The van der Waals surface area contributed by atoms with Crippen LogP contribution in [0.5, 0.6) is 0 Å². The van der Waals surface area contributed by atoms with Gasteiger partial charge in [-0.05, 0) is 49.8 Å². The van der Waals surface area contributed by atoms with Crippen molar-refractivity contribution in [2.75, 3.05) is 27.4 Å². The highest BCUT2D eigenvalue weighted by Gasteiger charge is 2.18. The summed E-state index contributed by atoms with van der Waals surface area (Å²) in [4.78, 5) is 21.5. The zero-order valence-corrected chi connectivity index (χ0v) is 21.2. The summed E-state index contributed by atoms with van der Waals surface area (Å²) in [7, 11) is 2.61. The molecule has 1 aliphatic rings. The first-order chi connectivity index (χ1) is 16.6. The van der Waals surface area contributed by atoms with Gasteiger partial charge in [-0.15, -0.1) is 0 Å². The Morgan fingerprint density at radius 1 is 1.29 bits per heavy atom. The van der Waals surface area contributed by atoms with Gasteiger partial charge in [-0.1, -0.05) is 44.7 Å². The lowest BCUT2D eigenvalue weighted by Crippen LogP contribution is -2.29. The van der Waals surface area contributed by atoms with E-state index in [2.05, 4.69) is 16.6 Å². The highest BCUT2D eigenvalue weighted by atomic mass is 16.5. The van der Waals surface area contributed by atoms with Gasteiger partial charge in [0.05, 0.1) is 19.1 Å². The quantitative estimate of drug-likeness (QED) is 0.420. The molecule has 2 aromatic rings. The van der Waals surface area contributed by atoms with Crippen LogP contribution in [0.1, 0.15) is 58.1 Å². The van der Waals surface area contributed by atoms with Crippen molar-refractivity contribution in [3.63, 3.8) is 0 Å². The Morgan fingerprint density at radius 2 is 1.97 bits per heavy atom. The molecule has 186 valence electrons. The third-order valence-electron chi connectivity index (χ3n) is 5.23. The number of nitrogens with zero attached hydrogens (tertiary/aromatic N) is 3. The van der Waals surface area contributed by atoms with Gasteiger partial charge in [0.25, 0.3) is 5.56 Å². The van der Waals surface area contributed by atoms with E-state index in [0.29, 0.717) is 24.8 Å². The van der Waals surface area contributed by atoms with Gasteiger partial charge in [-0.25, -0.2) is 9.98 Å². The fourth-order valence-corrected chi connectivity index (χ4v) is 3.63. The Labute approximate surface area is 203 Å². The monoisotopic (exact) mass is 469 g/mol. The molecule has 1 fully saturated rings. The van der Waals surface area contributed by atoms with Crippen LogP contribution in [0.15, 0.2) is 65.0 Å². The van der Waals surface area contributed by atoms with Crippen molar-refractivity contribution in [3.8, 4) is 11.3 Å². The van der Waals surface area contributed by atoms with E-state index in [-0.39, 0.29) is 11.6 Å². The summed E-state index contributed by atoms with van der Waals surface area (Å²) in [6.07, 6.45) is 8.51. The Bertz CT molecular complexity index is 989. The second kappa shape index (κ2) is 16.6. The van der Waals surface area contributed by atoms with Gasteiger partial charge in [0.2, 0.25) is 5.88 Å². The summed E-state index contributed by atoms with van der Waals surface area (Å²) >= 11 is 0. The summed E-state index contributed by atoms with van der Waals surface area (Å²) in [6.45, 7) is 11.5. The average molecular weight is 470 g/mol. The molecule has 1 N–H and O–H groups in total. The maximum Gasteiger partial charge on any atom is 0.254 e. The predicted octanol–water partition coefficient (Wildman–Crippen LogP) is 5.27. The number of aromatic nitrogens is 2. The van der Waals surface area contributed by atoms with E-state index >= 15 is 0 Å². The number of aliphatic hydroxyl groups excluding tert-OH is 1. The number of benzene rings is 1. The average Bonchev–Trinajstić information content (AvgIpc) is 2.90. The van der Waals surface area contributed by atoms with Crippen molar-refractivity contribution in [2.24, 2.45) is 4.99 Å². The Kier molecular flexibility index (Phi) is 14.1. The number of aliphatic imine (C=N–C) groups is 1. The highest BCUT2D eigenvalue weighted by Crippen LogP contribution is 2.29. The smallest absolute Gasteiger partial charge is 0.254 e. The first-order valence-corrected chi connectivity index (χ1v) is 11.7. The molecule has 7 heteroatoms. The molecule has 1 aromatic heterocycles. The fourth-order valence-electron chi connectivity index (χ4n) is 3.63. The minimum Gasteiger partial charge on any atom is -0.481 e. The minimum absolute atomic E-state index is 0.0302. The van der Waals surface area contributed by atoms with Crippen molar-refractivity contribution >= 4 is 11.8 Å². The van der Waals surface area contributed by atoms with Gasteiger partial charge < -0.3 is 14.6 Å². The molecular formula is C27H39N3O4. The van der Waals surface area contributed by atoms with Gasteiger partial charge in [-0.2, -0.15) is 0 Å². The Hall–Kier alpha value is -3.03. The number of aliphatic hydroxyl groups is 1. The SMILES string of the molecule is C=C(CC/C=C(\N=C/C)OC)c1ccccc1-c1cc(=O)n(C2CCOCC2)cn1.CC.CO. The van der Waals surface area contributed by atoms with Crippen LogP contribution in [-0.2, 0) is 9.47 Å². The van der Waals surface area contributed by atoms with Gasteiger partial charge in [0.15, 0.2) is 0 Å². The van der Waals surface area contributed by atoms with E-state index in [1.54, 1.807) is 30.3 Å². The third-order valence-corrected chi connectivity index (χ3v) is 5.23. The maximum atomic E-state index is 12.8. The summed E-state index contributed by atoms with van der Waals surface area (Å²) in [6, 6.07) is 9.72. The van der Waals surface area contributed by atoms with Gasteiger partial charge in [0, 0.05) is 44.2 Å². The van der Waals surface area contributed by atoms with E-state index in [1.165, 1.54) is 0 Å². The van der Waals surface area contributed by atoms with Crippen molar-refractivity contribution in [2.45, 2.75) is 52.5 Å². The molecule has 0 amide bonds. The third kappa shape index (κ3) is 8.39. The molecule has 2 heterocycles. The molecule has 0 saturated carbocycles. The summed E-state index contributed by atoms with van der Waals surface area (Å²) in [5.74, 6) is 0.594. The molecule has 0 spiro atoms. The normalized spacial score (nSPS) is 14.0. The highest BCUT2D eigenvalue weighted by molar-refractivity contribution is 5.78. The molecule has 0 radical (unpaired) electrons. The van der Waals surface area contributed by atoms with Crippen LogP contribution in [0.2, 0.25) is 0 Å². The number of allylic oxidation sites excluding steroid dienone is 2. The molecule has 0 atom stereocenters. The van der Waals surface area contributed by atoms with E-state index < -0.39 is 0 Å². The predicted molar refractivity (Wildman–Crippen MR) is 140 cm³/mol. The molecule has 7 nitrogen and oxygen atoms in total. The van der Waals surface area contributed by atoms with Crippen LogP contribution in [0.4, 0.5) is 0 Å². The lowest BCUT2D eigenvalue weighted by atomic mass is 9.95. The Morgan fingerprint density at radius 3 is 2.59 bits per heavy atom. The van der Waals surface area contributed by atoms with Gasteiger partial charge in [0.1, 0.15) is 0 Å². The first-order valence-electron chi connectivity index (χ1n) is 11.7. The van der Waals surface area contributed by atoms with Crippen LogP contribution in [-0.4, -0.2) is 48.3 Å². The molecule has 0 unspecified atom stereocenters. The number of hydrogen-bond acceptors (Lipinski definition) is 6. The van der Waals surface area contributed by atoms with Crippen LogP contribution in [0, 0.1) is 0 Å². The van der Waals surface area contributed by atoms with E-state index in [9.17, 15) is 4.79 Å². The topological polar surface area (TPSA) is 85.9 Å². The summed E-state index contributed by atoms with van der Waals surface area (Å²) in [5, 5.41) is 7.00. The fraction of sp³-hybridized carbons (Fsp3) is 0.444. The van der Waals surface area contributed by atoms with Gasteiger partial charge >= 0.3 is 0 Å². The van der Waals surface area contributed by atoms with Crippen molar-refractivity contribution in [3.05, 3.63) is 71.1 Å². The molecule has 34 heavy (non-hydrogen) atoms. The van der Waals surface area contributed by atoms with Crippen LogP contribution in [0.3, 0.4) is 0 Å². The molecule has 3 rings (SSSR count). The van der Waals surface area contributed by atoms with Crippen LogP contribution in [0.25, 0.3) is 16.8 Å². The number of ether oxygens (including phenoxy) is 2. The summed E-state index contributed by atoms with van der Waals surface area (Å²) in [5.41, 5.74) is 3.54. The van der Waals surface area contributed by atoms with Crippen LogP contribution < -0.4 is 5.56 Å². The maximum absolute atomic E-state index is 12.8. The van der Waals surface area contributed by atoms with Crippen molar-refractivity contribution in [1.82, 2.24) is 9.55 Å². The molecule has 1 saturated heterocycles. The van der Waals surface area contributed by atoms with E-state index in [1.807, 2.05) is 51.1 Å². The molecule has 0 aliphatic carbocycles. The van der Waals surface area contributed by atoms with Gasteiger partial charge in [-0.3, -0.25) is 9.36 Å². The zero-order chi connectivity index (χ0) is 25.3.